The number of benzene rings is 1. The topological polar surface area (TPSA) is 106 Å². The van der Waals surface area contributed by atoms with Crippen LogP contribution < -0.4 is 19.7 Å². The van der Waals surface area contributed by atoms with Gasteiger partial charge in [-0.05, 0) is 55.9 Å². The number of nitrogens with zero attached hydrogens (tertiary/aromatic N) is 5. The molecular weight excluding hydrogens is 475 g/mol. The van der Waals surface area contributed by atoms with Gasteiger partial charge in [0.2, 0.25) is 5.95 Å². The van der Waals surface area contributed by atoms with Crippen molar-refractivity contribution in [3.63, 3.8) is 0 Å². The number of hydrogen-bond acceptors (Lipinski definition) is 9. The Morgan fingerprint density at radius 1 is 1.00 bits per heavy atom. The predicted molar refractivity (Wildman–Crippen MR) is 137 cm³/mol. The zero-order valence-electron chi connectivity index (χ0n) is 21.0. The number of alkyl halides is 1. The van der Waals surface area contributed by atoms with Crippen LogP contribution in [0.25, 0.3) is 22.4 Å². The van der Waals surface area contributed by atoms with Crippen LogP contribution in [0.5, 0.6) is 17.4 Å². The first kappa shape index (κ1) is 23.8. The number of methoxy groups -OCH3 is 2. The lowest BCUT2D eigenvalue weighted by molar-refractivity contribution is 0.103. The van der Waals surface area contributed by atoms with Gasteiger partial charge in [0.25, 0.3) is 5.88 Å². The Morgan fingerprint density at radius 3 is 2.57 bits per heavy atom. The average molecular weight is 507 g/mol. The fraction of sp³-hybridized carbons (Fsp3) is 0.481. The molecule has 3 aromatic rings. The highest BCUT2D eigenvalue weighted by molar-refractivity contribution is 5.74. The SMILES string of the molecule is COc1cc(-c2ccc(-c3cnc(N(C4CC4)[C@H]4C[C@@H]5CCC[C@@H](N5)[C@H]4F)nn3)c(O)c2)cnc1OC. The molecule has 10 heteroatoms. The van der Waals surface area contributed by atoms with Crippen LogP contribution in [0.15, 0.2) is 36.7 Å². The Hall–Kier alpha value is -3.53. The van der Waals surface area contributed by atoms with E-state index in [0.717, 1.165) is 49.7 Å². The standard InChI is InChI=1S/C27H31FN6O3/c1-36-24-11-16(13-29-26(24)37-2)15-6-9-19(23(35)10-15)21-14-30-27(33-32-21)34(18-7-8-18)22-12-17-4-3-5-20(31-17)25(22)28/h6,9-11,13-14,17-18,20,22,25,31,35H,3-5,7-8,12H2,1-2H3/t17-,20+,22-,25+/m0/s1. The predicted octanol–water partition coefficient (Wildman–Crippen LogP) is 3.91. The van der Waals surface area contributed by atoms with Gasteiger partial charge in [-0.2, -0.15) is 0 Å². The molecule has 37 heavy (non-hydrogen) atoms. The lowest BCUT2D eigenvalue weighted by atomic mass is 9.82. The molecule has 0 radical (unpaired) electrons. The molecule has 194 valence electrons. The van der Waals surface area contributed by atoms with Crippen molar-refractivity contribution in [2.75, 3.05) is 19.1 Å². The van der Waals surface area contributed by atoms with E-state index in [2.05, 4.69) is 30.4 Å². The van der Waals surface area contributed by atoms with E-state index < -0.39 is 6.17 Å². The molecule has 2 aromatic heterocycles. The molecule has 1 aliphatic carbocycles. The summed E-state index contributed by atoms with van der Waals surface area (Å²) in [5, 5.41) is 23.1. The first-order chi connectivity index (χ1) is 18.1. The molecule has 0 amide bonds. The van der Waals surface area contributed by atoms with Crippen LogP contribution in [0.4, 0.5) is 10.3 Å². The molecule has 3 fully saturated rings. The Balaban J connectivity index is 1.25. The van der Waals surface area contributed by atoms with E-state index in [1.54, 1.807) is 37.7 Å². The van der Waals surface area contributed by atoms with Gasteiger partial charge in [-0.15, -0.1) is 10.2 Å². The van der Waals surface area contributed by atoms with Gasteiger partial charge in [-0.25, -0.2) is 14.4 Å². The van der Waals surface area contributed by atoms with Crippen LogP contribution in [0.2, 0.25) is 0 Å². The summed E-state index contributed by atoms with van der Waals surface area (Å²) in [6.45, 7) is 0. The van der Waals surface area contributed by atoms with E-state index >= 15 is 4.39 Å². The number of pyridine rings is 1. The third-order valence-electron chi connectivity index (χ3n) is 7.71. The highest BCUT2D eigenvalue weighted by atomic mass is 19.1. The molecule has 2 saturated heterocycles. The summed E-state index contributed by atoms with van der Waals surface area (Å²) in [5.41, 5.74) is 2.50. The molecule has 0 unspecified atom stereocenters. The Bertz CT molecular complexity index is 1270. The second-order valence-corrected chi connectivity index (χ2v) is 10.1. The van der Waals surface area contributed by atoms with Crippen molar-refractivity contribution < 1.29 is 19.0 Å². The van der Waals surface area contributed by atoms with Crippen molar-refractivity contribution in [2.45, 2.75) is 68.9 Å². The van der Waals surface area contributed by atoms with Crippen molar-refractivity contribution in [1.29, 1.82) is 0 Å². The first-order valence-corrected chi connectivity index (χ1v) is 12.9. The number of halogens is 1. The number of fused-ring (bicyclic) bond motifs is 2. The molecule has 2 bridgehead atoms. The minimum atomic E-state index is -0.955. The molecule has 0 spiro atoms. The summed E-state index contributed by atoms with van der Waals surface area (Å²) in [4.78, 5) is 10.9. The smallest absolute Gasteiger partial charge is 0.256 e. The lowest BCUT2D eigenvalue weighted by Gasteiger charge is -2.46. The van der Waals surface area contributed by atoms with E-state index in [-0.39, 0.29) is 23.9 Å². The van der Waals surface area contributed by atoms with Crippen molar-refractivity contribution in [1.82, 2.24) is 25.5 Å². The van der Waals surface area contributed by atoms with Crippen LogP contribution in [-0.2, 0) is 0 Å². The summed E-state index contributed by atoms with van der Waals surface area (Å²) >= 11 is 0. The lowest BCUT2D eigenvalue weighted by Crippen LogP contribution is -2.62. The number of ether oxygens (including phenoxy) is 2. The number of hydrogen-bond donors (Lipinski definition) is 2. The van der Waals surface area contributed by atoms with Gasteiger partial charge in [0.15, 0.2) is 5.75 Å². The molecule has 3 aliphatic rings. The summed E-state index contributed by atoms with van der Waals surface area (Å²) in [7, 11) is 3.08. The summed E-state index contributed by atoms with van der Waals surface area (Å²) < 4.78 is 26.0. The molecule has 4 heterocycles. The maximum Gasteiger partial charge on any atom is 0.256 e. The van der Waals surface area contributed by atoms with Gasteiger partial charge in [-0.3, -0.25) is 0 Å². The minimum absolute atomic E-state index is 0.0465. The molecule has 1 aromatic carbocycles. The minimum Gasteiger partial charge on any atom is -0.507 e. The molecule has 4 atom stereocenters. The van der Waals surface area contributed by atoms with Crippen LogP contribution in [0.1, 0.15) is 38.5 Å². The second kappa shape index (κ2) is 9.74. The van der Waals surface area contributed by atoms with Crippen LogP contribution in [0, 0.1) is 0 Å². The van der Waals surface area contributed by atoms with E-state index in [1.165, 1.54) is 7.11 Å². The van der Waals surface area contributed by atoms with Gasteiger partial charge in [0.05, 0.1) is 26.5 Å². The number of aromatic hydroxyl groups is 1. The van der Waals surface area contributed by atoms with E-state index in [1.807, 2.05) is 6.07 Å². The molecule has 9 nitrogen and oxygen atoms in total. The Kier molecular flexibility index (Phi) is 6.27. The maximum atomic E-state index is 15.5. The third kappa shape index (κ3) is 4.54. The zero-order valence-corrected chi connectivity index (χ0v) is 21.0. The molecule has 2 aliphatic heterocycles. The van der Waals surface area contributed by atoms with Gasteiger partial charge < -0.3 is 24.8 Å². The number of piperidine rings is 2. The van der Waals surface area contributed by atoms with Gasteiger partial charge in [-0.1, -0.05) is 12.5 Å². The van der Waals surface area contributed by atoms with Crippen LogP contribution in [-0.4, -0.2) is 69.8 Å². The van der Waals surface area contributed by atoms with Crippen molar-refractivity contribution in [3.8, 4) is 39.8 Å². The largest absolute Gasteiger partial charge is 0.507 e. The Labute approximate surface area is 215 Å². The van der Waals surface area contributed by atoms with E-state index in [0.29, 0.717) is 34.9 Å². The fourth-order valence-electron chi connectivity index (χ4n) is 5.71. The zero-order chi connectivity index (χ0) is 25.5. The number of phenolic OH excluding ortho intramolecular Hbond substituents is 1. The maximum absolute atomic E-state index is 15.5. The van der Waals surface area contributed by atoms with E-state index in [9.17, 15) is 5.11 Å². The first-order valence-electron chi connectivity index (χ1n) is 12.9. The van der Waals surface area contributed by atoms with Crippen molar-refractivity contribution in [2.24, 2.45) is 0 Å². The monoisotopic (exact) mass is 506 g/mol. The molecular formula is C27H31FN6O3. The average Bonchev–Trinajstić information content (AvgIpc) is 3.77. The van der Waals surface area contributed by atoms with Gasteiger partial charge in [0, 0.05) is 35.4 Å². The quantitative estimate of drug-likeness (QED) is 0.493. The summed E-state index contributed by atoms with van der Waals surface area (Å²) in [6.07, 6.45) is 8.15. The number of phenols is 1. The highest BCUT2D eigenvalue weighted by Crippen LogP contribution is 2.39. The molecule has 1 saturated carbocycles. The second-order valence-electron chi connectivity index (χ2n) is 10.1. The van der Waals surface area contributed by atoms with Gasteiger partial charge in [0.1, 0.15) is 17.6 Å². The summed E-state index contributed by atoms with van der Waals surface area (Å²) in [6, 6.07) is 7.37. The van der Waals surface area contributed by atoms with Crippen molar-refractivity contribution >= 4 is 5.95 Å². The molecule has 6 rings (SSSR count). The Morgan fingerprint density at radius 2 is 1.86 bits per heavy atom. The number of rotatable bonds is 7. The van der Waals surface area contributed by atoms with Crippen molar-refractivity contribution in [3.05, 3.63) is 36.7 Å². The summed E-state index contributed by atoms with van der Waals surface area (Å²) in [5.74, 6) is 1.40. The number of nitrogens with one attached hydrogen (secondary N) is 1. The van der Waals surface area contributed by atoms with Gasteiger partial charge >= 0.3 is 0 Å². The third-order valence-corrected chi connectivity index (χ3v) is 7.71. The fourth-order valence-corrected chi connectivity index (χ4v) is 5.71. The van der Waals surface area contributed by atoms with E-state index in [4.69, 9.17) is 9.47 Å². The number of aromatic nitrogens is 4. The number of anilines is 1. The van der Waals surface area contributed by atoms with Crippen LogP contribution >= 0.6 is 0 Å². The van der Waals surface area contributed by atoms with Crippen LogP contribution in [0.3, 0.4) is 0 Å². The molecule has 2 N–H and O–H groups in total. The normalized spacial score (nSPS) is 24.9. The highest BCUT2D eigenvalue weighted by Gasteiger charge is 2.47.